The van der Waals surface area contributed by atoms with E-state index in [-0.39, 0.29) is 17.4 Å². The molecule has 2 aromatic carbocycles. The third kappa shape index (κ3) is 3.41. The van der Waals surface area contributed by atoms with Gasteiger partial charge in [-0.05, 0) is 49.7 Å². The average molecular weight is 442 g/mol. The molecule has 4 heterocycles. The van der Waals surface area contributed by atoms with Crippen LogP contribution in [0.1, 0.15) is 47.8 Å². The standard InChI is InChI=1S/C25H27N7O/c1-2-32-24(27-15-28-32)22-19(17-9-7-16(8-10-17)14-31-11-4-12-31)13-26-20-6-3-5-18-21(20)23(22)29-30-25(18)33/h3,5-10,15,19,22,26H,2,4,11-14H2,1H3,(H,30,33). The van der Waals surface area contributed by atoms with Crippen LogP contribution in [0.5, 0.6) is 0 Å². The van der Waals surface area contributed by atoms with Crippen molar-refractivity contribution < 1.29 is 0 Å². The fraction of sp³-hybridized carbons (Fsp3) is 0.360. The molecule has 2 atom stereocenters. The second kappa shape index (κ2) is 8.12. The summed E-state index contributed by atoms with van der Waals surface area (Å²) in [5.74, 6) is 0.794. The zero-order chi connectivity index (χ0) is 22.4. The Bertz CT molecular complexity index is 1350. The summed E-state index contributed by atoms with van der Waals surface area (Å²) in [4.78, 5) is 19.7. The van der Waals surface area contributed by atoms with Crippen molar-refractivity contribution in [2.24, 2.45) is 0 Å². The molecule has 2 N–H and O–H groups in total. The lowest BCUT2D eigenvalue weighted by atomic mass is 9.82. The first-order chi connectivity index (χ1) is 16.2. The number of nitrogens with one attached hydrogen (secondary N) is 2. The third-order valence-corrected chi connectivity index (χ3v) is 7.04. The van der Waals surface area contributed by atoms with Gasteiger partial charge in [-0.2, -0.15) is 10.2 Å². The van der Waals surface area contributed by atoms with Gasteiger partial charge in [0, 0.05) is 36.6 Å². The van der Waals surface area contributed by atoms with Crippen molar-refractivity contribution in [2.45, 2.75) is 38.3 Å². The minimum atomic E-state index is -0.179. The number of anilines is 1. The van der Waals surface area contributed by atoms with Gasteiger partial charge in [-0.3, -0.25) is 9.69 Å². The molecule has 2 aromatic heterocycles. The number of hydrogen-bond acceptors (Lipinski definition) is 6. The Morgan fingerprint density at radius 3 is 2.73 bits per heavy atom. The number of rotatable bonds is 5. The Morgan fingerprint density at radius 1 is 1.12 bits per heavy atom. The van der Waals surface area contributed by atoms with Crippen LogP contribution < -0.4 is 10.9 Å². The number of benzene rings is 2. The van der Waals surface area contributed by atoms with Gasteiger partial charge in [0.1, 0.15) is 12.2 Å². The summed E-state index contributed by atoms with van der Waals surface area (Å²) in [7, 11) is 0. The highest BCUT2D eigenvalue weighted by Gasteiger charge is 2.36. The van der Waals surface area contributed by atoms with Crippen molar-refractivity contribution in [2.75, 3.05) is 25.0 Å². The van der Waals surface area contributed by atoms with Crippen LogP contribution >= 0.6 is 0 Å². The number of hydrogen-bond donors (Lipinski definition) is 2. The molecule has 8 heteroatoms. The lowest BCUT2D eigenvalue weighted by Crippen LogP contribution is -2.36. The molecule has 6 rings (SSSR count). The van der Waals surface area contributed by atoms with E-state index in [0.29, 0.717) is 11.9 Å². The predicted molar refractivity (Wildman–Crippen MR) is 127 cm³/mol. The molecule has 1 saturated heterocycles. The van der Waals surface area contributed by atoms with E-state index in [2.05, 4.69) is 61.7 Å². The topological polar surface area (TPSA) is 91.7 Å². The van der Waals surface area contributed by atoms with Gasteiger partial charge in [-0.15, -0.1) is 0 Å². The summed E-state index contributed by atoms with van der Waals surface area (Å²) < 4.78 is 1.93. The Hall–Kier alpha value is -3.52. The maximum Gasteiger partial charge on any atom is 0.272 e. The van der Waals surface area contributed by atoms with E-state index < -0.39 is 0 Å². The fourth-order valence-corrected chi connectivity index (χ4v) is 5.18. The Balaban J connectivity index is 1.49. The highest BCUT2D eigenvalue weighted by molar-refractivity contribution is 5.96. The predicted octanol–water partition coefficient (Wildman–Crippen LogP) is 3.08. The van der Waals surface area contributed by atoms with Gasteiger partial charge in [-0.1, -0.05) is 30.3 Å². The molecule has 0 aliphatic carbocycles. The van der Waals surface area contributed by atoms with E-state index >= 15 is 0 Å². The largest absolute Gasteiger partial charge is 0.384 e. The van der Waals surface area contributed by atoms with Crippen LogP contribution in [0, 0.1) is 0 Å². The maximum atomic E-state index is 12.6. The highest BCUT2D eigenvalue weighted by atomic mass is 16.1. The zero-order valence-electron chi connectivity index (χ0n) is 18.7. The van der Waals surface area contributed by atoms with Crippen molar-refractivity contribution in [3.8, 4) is 0 Å². The molecule has 0 amide bonds. The SMILES string of the molecule is CCn1ncnc1C1c2n[nH]c(=O)c3cccc(c23)NCC1c1ccc(CN2CCC2)cc1. The molecule has 4 aromatic rings. The number of aromatic amines is 1. The van der Waals surface area contributed by atoms with Crippen LogP contribution in [-0.4, -0.2) is 49.5 Å². The quantitative estimate of drug-likeness (QED) is 0.495. The van der Waals surface area contributed by atoms with Crippen LogP contribution in [0.25, 0.3) is 10.8 Å². The van der Waals surface area contributed by atoms with Crippen LogP contribution in [0.4, 0.5) is 5.69 Å². The number of nitrogens with zero attached hydrogens (tertiary/aromatic N) is 5. The third-order valence-electron chi connectivity index (χ3n) is 7.04. The molecular formula is C25H27N7O. The molecule has 168 valence electrons. The number of likely N-dealkylation sites (tertiary alicyclic amines) is 1. The molecule has 2 aliphatic heterocycles. The molecule has 0 radical (unpaired) electrons. The number of aryl methyl sites for hydroxylation is 1. The molecule has 33 heavy (non-hydrogen) atoms. The van der Waals surface area contributed by atoms with Crippen LogP contribution in [0.2, 0.25) is 0 Å². The van der Waals surface area contributed by atoms with Gasteiger partial charge in [0.15, 0.2) is 0 Å². The maximum absolute atomic E-state index is 12.6. The van der Waals surface area contributed by atoms with Crippen LogP contribution in [-0.2, 0) is 13.1 Å². The second-order valence-corrected chi connectivity index (χ2v) is 8.94. The lowest BCUT2D eigenvalue weighted by Gasteiger charge is -2.31. The lowest BCUT2D eigenvalue weighted by molar-refractivity contribution is 0.172. The van der Waals surface area contributed by atoms with Gasteiger partial charge < -0.3 is 5.32 Å². The van der Waals surface area contributed by atoms with Gasteiger partial charge in [0.25, 0.3) is 5.56 Å². The summed E-state index contributed by atoms with van der Waals surface area (Å²) in [6.07, 6.45) is 2.91. The van der Waals surface area contributed by atoms with Crippen LogP contribution in [0.15, 0.2) is 53.6 Å². The molecule has 2 aliphatic rings. The number of H-pyrrole nitrogens is 1. The second-order valence-electron chi connectivity index (χ2n) is 8.94. The van der Waals surface area contributed by atoms with E-state index in [0.717, 1.165) is 35.7 Å². The average Bonchev–Trinajstić information content (AvgIpc) is 3.22. The van der Waals surface area contributed by atoms with Crippen molar-refractivity contribution in [1.29, 1.82) is 0 Å². The van der Waals surface area contributed by atoms with E-state index in [1.807, 2.05) is 22.9 Å². The zero-order valence-corrected chi connectivity index (χ0v) is 18.7. The van der Waals surface area contributed by atoms with E-state index in [1.165, 1.54) is 30.6 Å². The minimum absolute atomic E-state index is 0.0755. The van der Waals surface area contributed by atoms with E-state index in [1.54, 1.807) is 6.33 Å². The normalized spacial score (nSPS) is 20.3. The first kappa shape index (κ1) is 20.1. The molecule has 2 unspecified atom stereocenters. The molecular weight excluding hydrogens is 414 g/mol. The molecule has 1 fully saturated rings. The summed E-state index contributed by atoms with van der Waals surface area (Å²) in [5.41, 5.74) is 4.15. The minimum Gasteiger partial charge on any atom is -0.384 e. The van der Waals surface area contributed by atoms with Crippen LogP contribution in [0.3, 0.4) is 0 Å². The van der Waals surface area contributed by atoms with Gasteiger partial charge in [-0.25, -0.2) is 14.8 Å². The molecule has 0 bridgehead atoms. The summed E-state index contributed by atoms with van der Waals surface area (Å²) in [5, 5.41) is 16.9. The van der Waals surface area contributed by atoms with Crippen molar-refractivity contribution in [3.63, 3.8) is 0 Å². The smallest absolute Gasteiger partial charge is 0.272 e. The van der Waals surface area contributed by atoms with E-state index in [9.17, 15) is 4.79 Å². The summed E-state index contributed by atoms with van der Waals surface area (Å²) in [6.45, 7) is 6.87. The van der Waals surface area contributed by atoms with Crippen molar-refractivity contribution in [3.05, 3.63) is 81.8 Å². The molecule has 0 saturated carbocycles. The van der Waals surface area contributed by atoms with Gasteiger partial charge in [0.05, 0.1) is 17.0 Å². The Morgan fingerprint density at radius 2 is 1.97 bits per heavy atom. The highest BCUT2D eigenvalue weighted by Crippen LogP contribution is 2.43. The molecule has 8 nitrogen and oxygen atoms in total. The van der Waals surface area contributed by atoms with Crippen molar-refractivity contribution >= 4 is 16.5 Å². The number of aromatic nitrogens is 5. The van der Waals surface area contributed by atoms with Gasteiger partial charge in [0.2, 0.25) is 0 Å². The fourth-order valence-electron chi connectivity index (χ4n) is 5.18. The van der Waals surface area contributed by atoms with Gasteiger partial charge >= 0.3 is 0 Å². The summed E-state index contributed by atoms with van der Waals surface area (Å²) >= 11 is 0. The monoisotopic (exact) mass is 441 g/mol. The molecule has 0 spiro atoms. The first-order valence-corrected chi connectivity index (χ1v) is 11.7. The Labute approximate surface area is 191 Å². The Kier molecular flexibility index (Phi) is 4.95. The summed E-state index contributed by atoms with van der Waals surface area (Å²) in [6, 6.07) is 14.7. The van der Waals surface area contributed by atoms with Crippen molar-refractivity contribution in [1.82, 2.24) is 29.9 Å². The van der Waals surface area contributed by atoms with E-state index in [4.69, 9.17) is 0 Å². The first-order valence-electron chi connectivity index (χ1n) is 11.7.